The Labute approximate surface area is 301 Å². The number of nitrogens with one attached hydrogen (secondary N) is 1. The van der Waals surface area contributed by atoms with Crippen molar-refractivity contribution in [1.29, 1.82) is 0 Å². The Bertz CT molecular complexity index is 2120. The van der Waals surface area contributed by atoms with Gasteiger partial charge in [0.05, 0.1) is 27.5 Å². The number of halogens is 1. The highest BCUT2D eigenvalue weighted by molar-refractivity contribution is 6.37. The Balaban J connectivity index is 1.14. The van der Waals surface area contributed by atoms with E-state index in [9.17, 15) is 9.90 Å². The predicted molar refractivity (Wildman–Crippen MR) is 196 cm³/mol. The van der Waals surface area contributed by atoms with Crippen LogP contribution in [0.25, 0.3) is 32.8 Å². The molecule has 0 radical (unpaired) electrons. The van der Waals surface area contributed by atoms with Crippen LogP contribution in [-0.4, -0.2) is 108 Å². The molecule has 1 amide bonds. The second kappa shape index (κ2) is 12.3. The minimum absolute atomic E-state index is 0.0562. The van der Waals surface area contributed by atoms with E-state index in [0.717, 1.165) is 73.6 Å². The zero-order valence-corrected chi connectivity index (χ0v) is 29.6. The number of phenols is 1. The van der Waals surface area contributed by atoms with Crippen molar-refractivity contribution in [2.75, 3.05) is 51.9 Å². The third kappa shape index (κ3) is 5.30. The van der Waals surface area contributed by atoms with Crippen molar-refractivity contribution in [1.82, 2.24) is 25.1 Å². The predicted octanol–water partition coefficient (Wildman–Crippen LogP) is 5.57. The van der Waals surface area contributed by atoms with E-state index in [-0.39, 0.29) is 35.5 Å². The third-order valence-electron chi connectivity index (χ3n) is 11.7. The fourth-order valence-corrected chi connectivity index (χ4v) is 9.64. The SMILES string of the molecule is C#Cc1cccc2cc(O)cc(-c3cc4nc(OCC56CCCN5C(COC(=O)N(C)C)CC6)nc5c4c(c3Cl)OCC3C4CCC(CN53)N4)c12. The minimum Gasteiger partial charge on any atom is -0.508 e. The molecule has 4 aromatic rings. The molecule has 11 nitrogen and oxygen atoms in total. The highest BCUT2D eigenvalue weighted by Crippen LogP contribution is 2.50. The molecule has 5 aliphatic heterocycles. The van der Waals surface area contributed by atoms with Crippen LogP contribution in [0.5, 0.6) is 17.5 Å². The lowest BCUT2D eigenvalue weighted by Gasteiger charge is -2.40. The summed E-state index contributed by atoms with van der Waals surface area (Å²) in [5.74, 6) is 4.21. The Hall–Kier alpha value is -4.50. The number of aromatic nitrogens is 2. The van der Waals surface area contributed by atoms with Gasteiger partial charge in [-0.05, 0) is 80.3 Å². The number of carbonyl (C=O) groups excluding carboxylic acids is 1. The first-order chi connectivity index (χ1) is 24.7. The Morgan fingerprint density at radius 2 is 2.06 bits per heavy atom. The van der Waals surface area contributed by atoms with Crippen molar-refractivity contribution in [3.8, 4) is 41.0 Å². The number of piperazine rings is 1. The number of rotatable bonds is 6. The third-order valence-corrected chi connectivity index (χ3v) is 12.1. The number of anilines is 1. The van der Waals surface area contributed by atoms with Gasteiger partial charge in [-0.25, -0.2) is 4.79 Å². The maximum Gasteiger partial charge on any atom is 0.409 e. The van der Waals surface area contributed by atoms with Gasteiger partial charge >= 0.3 is 12.1 Å². The molecule has 5 aliphatic rings. The van der Waals surface area contributed by atoms with E-state index >= 15 is 0 Å². The summed E-state index contributed by atoms with van der Waals surface area (Å²) >= 11 is 7.33. The second-order valence-corrected chi connectivity index (χ2v) is 15.3. The van der Waals surface area contributed by atoms with Gasteiger partial charge in [0.1, 0.15) is 31.4 Å². The van der Waals surface area contributed by atoms with Crippen molar-refractivity contribution in [3.63, 3.8) is 0 Å². The van der Waals surface area contributed by atoms with Gasteiger partial charge in [0, 0.05) is 55.3 Å². The number of hydrogen-bond acceptors (Lipinski definition) is 10. The van der Waals surface area contributed by atoms with Crippen LogP contribution in [0.1, 0.15) is 44.1 Å². The quantitative estimate of drug-likeness (QED) is 0.247. The number of hydrogen-bond donors (Lipinski definition) is 2. The van der Waals surface area contributed by atoms with Crippen molar-refractivity contribution in [2.45, 2.75) is 68.2 Å². The first-order valence-electron chi connectivity index (χ1n) is 17.9. The number of aromatic hydroxyl groups is 1. The normalized spacial score (nSPS) is 26.4. The van der Waals surface area contributed by atoms with Crippen LogP contribution in [0.4, 0.5) is 10.6 Å². The number of fused-ring (bicyclic) bond motifs is 7. The van der Waals surface area contributed by atoms with E-state index in [1.54, 1.807) is 26.2 Å². The molecule has 5 unspecified atom stereocenters. The summed E-state index contributed by atoms with van der Waals surface area (Å²) in [4.78, 5) is 28.7. The van der Waals surface area contributed by atoms with Crippen LogP contribution >= 0.6 is 11.6 Å². The van der Waals surface area contributed by atoms with Crippen LogP contribution in [0, 0.1) is 12.3 Å². The summed E-state index contributed by atoms with van der Waals surface area (Å²) in [6.45, 7) is 2.95. The second-order valence-electron chi connectivity index (χ2n) is 14.9. The molecule has 0 aliphatic carbocycles. The molecule has 2 bridgehead atoms. The highest BCUT2D eigenvalue weighted by Gasteiger charge is 2.50. The van der Waals surface area contributed by atoms with Gasteiger partial charge in [0.25, 0.3) is 0 Å². The number of terminal acetylenes is 1. The molecule has 5 atom stereocenters. The highest BCUT2D eigenvalue weighted by atomic mass is 35.5. The van der Waals surface area contributed by atoms with Crippen LogP contribution in [0.2, 0.25) is 5.02 Å². The molecule has 12 heteroatoms. The summed E-state index contributed by atoms with van der Waals surface area (Å²) in [6.07, 6.45) is 11.7. The van der Waals surface area contributed by atoms with Gasteiger partial charge in [-0.15, -0.1) is 6.42 Å². The van der Waals surface area contributed by atoms with Crippen molar-refractivity contribution < 1.29 is 24.1 Å². The van der Waals surface area contributed by atoms with Crippen molar-refractivity contribution in [2.24, 2.45) is 0 Å². The molecule has 264 valence electrons. The lowest BCUT2D eigenvalue weighted by atomic mass is 9.93. The fourth-order valence-electron chi connectivity index (χ4n) is 9.34. The number of benzene rings is 3. The zero-order chi connectivity index (χ0) is 35.0. The first-order valence-corrected chi connectivity index (χ1v) is 18.3. The molecule has 0 spiro atoms. The van der Waals surface area contributed by atoms with E-state index in [4.69, 9.17) is 42.2 Å². The Morgan fingerprint density at radius 1 is 1.18 bits per heavy atom. The minimum atomic E-state index is -0.325. The van der Waals surface area contributed by atoms with Crippen molar-refractivity contribution >= 4 is 45.2 Å². The van der Waals surface area contributed by atoms with Gasteiger partial charge in [-0.2, -0.15) is 9.97 Å². The smallest absolute Gasteiger partial charge is 0.409 e. The number of amides is 1. The topological polar surface area (TPSA) is 113 Å². The van der Waals surface area contributed by atoms with Gasteiger partial charge in [0.15, 0.2) is 5.75 Å². The lowest BCUT2D eigenvalue weighted by molar-refractivity contribution is 0.0484. The summed E-state index contributed by atoms with van der Waals surface area (Å²) in [7, 11) is 3.40. The molecular formula is C39H41ClN6O5. The zero-order valence-electron chi connectivity index (χ0n) is 28.8. The molecule has 0 saturated carbocycles. The maximum absolute atomic E-state index is 12.2. The van der Waals surface area contributed by atoms with E-state index in [0.29, 0.717) is 64.9 Å². The molecule has 4 fully saturated rings. The van der Waals surface area contributed by atoms with Crippen LogP contribution in [-0.2, 0) is 4.74 Å². The first kappa shape index (κ1) is 32.4. The fraction of sp³-hybridized carbons (Fsp3) is 0.462. The Morgan fingerprint density at radius 3 is 2.90 bits per heavy atom. The van der Waals surface area contributed by atoms with Gasteiger partial charge in [0.2, 0.25) is 0 Å². The summed E-state index contributed by atoms with van der Waals surface area (Å²) in [6, 6.07) is 12.2. The Kier molecular flexibility index (Phi) is 7.83. The monoisotopic (exact) mass is 708 g/mol. The standard InChI is InChI=1S/C39H41ClN6O5/c1-4-22-7-5-8-23-15-26(47)16-27(32(22)23)28-17-30-33-35(34(28)40)49-20-31-29-10-9-24(41-29)18-45(31)36(33)43-37(42-30)51-21-39-12-6-14-46(39)25(11-13-39)19-50-38(48)44(2)3/h1,5,7-8,15-17,24-25,29,31,41,47H,6,9-14,18-21H2,2-3H3. The molecule has 9 rings (SSSR count). The van der Waals surface area contributed by atoms with E-state index < -0.39 is 0 Å². The van der Waals surface area contributed by atoms with Gasteiger partial charge in [-0.1, -0.05) is 29.7 Å². The molecule has 4 saturated heterocycles. The lowest BCUT2D eigenvalue weighted by Crippen LogP contribution is -2.60. The van der Waals surface area contributed by atoms with Crippen LogP contribution in [0.3, 0.4) is 0 Å². The number of carbonyl (C=O) groups is 1. The summed E-state index contributed by atoms with van der Waals surface area (Å²) < 4.78 is 18.9. The largest absolute Gasteiger partial charge is 0.508 e. The van der Waals surface area contributed by atoms with Gasteiger partial charge in [-0.3, -0.25) is 4.90 Å². The summed E-state index contributed by atoms with van der Waals surface area (Å²) in [5, 5.41) is 17.4. The van der Waals surface area contributed by atoms with Crippen molar-refractivity contribution in [3.05, 3.63) is 47.0 Å². The van der Waals surface area contributed by atoms with Crippen LogP contribution in [0.15, 0.2) is 36.4 Å². The number of phenolic OH excluding ortho intramolecular Hbond substituents is 1. The molecule has 1 aromatic heterocycles. The van der Waals surface area contributed by atoms with E-state index in [1.807, 2.05) is 24.3 Å². The van der Waals surface area contributed by atoms with E-state index in [2.05, 4.69) is 21.0 Å². The average Bonchev–Trinajstić information content (AvgIpc) is 3.79. The molecule has 2 N–H and O–H groups in total. The van der Waals surface area contributed by atoms with Gasteiger partial charge < -0.3 is 34.4 Å². The van der Waals surface area contributed by atoms with Crippen LogP contribution < -0.4 is 19.7 Å². The number of ether oxygens (including phenoxy) is 3. The average molecular weight is 709 g/mol. The molecular weight excluding hydrogens is 668 g/mol. The molecule has 51 heavy (non-hydrogen) atoms. The molecule has 3 aromatic carbocycles. The summed E-state index contributed by atoms with van der Waals surface area (Å²) in [5.41, 5.74) is 2.52. The van der Waals surface area contributed by atoms with E-state index in [1.165, 1.54) is 4.90 Å². The number of nitrogens with zero attached hydrogens (tertiary/aromatic N) is 5. The molecule has 6 heterocycles. The maximum atomic E-state index is 12.2.